The molecule has 4 N–H and O–H groups in total. The van der Waals surface area contributed by atoms with Crippen molar-refractivity contribution in [3.8, 4) is 23.0 Å². The summed E-state index contributed by atoms with van der Waals surface area (Å²) in [6, 6.07) is 8.81. The van der Waals surface area contributed by atoms with E-state index in [4.69, 9.17) is 0 Å². The summed E-state index contributed by atoms with van der Waals surface area (Å²) in [6.45, 7) is 0. The maximum Gasteiger partial charge on any atom is 0.200 e. The van der Waals surface area contributed by atoms with Crippen molar-refractivity contribution in [3.63, 3.8) is 0 Å². The van der Waals surface area contributed by atoms with Crippen molar-refractivity contribution in [3.05, 3.63) is 59.7 Å². The number of phenols is 4. The number of rotatable bonds is 6. The lowest BCUT2D eigenvalue weighted by Crippen LogP contribution is -2.01. The molecular formula is C19H16O6. The van der Waals surface area contributed by atoms with Crippen LogP contribution in [0.3, 0.4) is 0 Å². The molecule has 0 bridgehead atoms. The van der Waals surface area contributed by atoms with Crippen molar-refractivity contribution in [2.24, 2.45) is 0 Å². The number of hydrogen-bond donors (Lipinski definition) is 4. The van der Waals surface area contributed by atoms with Gasteiger partial charge in [0.25, 0.3) is 0 Å². The number of benzene rings is 2. The zero-order chi connectivity index (χ0) is 18.4. The molecule has 2 aromatic carbocycles. The average Bonchev–Trinajstić information content (AvgIpc) is 2.57. The maximum absolute atomic E-state index is 11.8. The summed E-state index contributed by atoms with van der Waals surface area (Å²) in [7, 11) is 0. The molecule has 0 saturated heterocycles. The third kappa shape index (κ3) is 4.97. The van der Waals surface area contributed by atoms with Crippen molar-refractivity contribution < 1.29 is 30.0 Å². The first-order valence-corrected chi connectivity index (χ1v) is 7.31. The molecule has 0 fully saturated rings. The molecule has 0 aliphatic carbocycles. The van der Waals surface area contributed by atoms with Gasteiger partial charge in [-0.15, -0.1) is 0 Å². The number of carbonyl (C=O) groups is 2. The first-order chi connectivity index (χ1) is 11.9. The quantitative estimate of drug-likeness (QED) is 0.365. The highest BCUT2D eigenvalue weighted by Crippen LogP contribution is 2.35. The van der Waals surface area contributed by atoms with Crippen LogP contribution in [0.1, 0.15) is 17.5 Å². The Balaban J connectivity index is 1.98. The van der Waals surface area contributed by atoms with E-state index >= 15 is 0 Å². The molecule has 0 atom stereocenters. The van der Waals surface area contributed by atoms with Gasteiger partial charge in [0, 0.05) is 5.56 Å². The number of aromatic hydroxyl groups is 4. The van der Waals surface area contributed by atoms with E-state index in [9.17, 15) is 30.0 Å². The number of allylic oxidation sites excluding steroid dienone is 2. The Morgan fingerprint density at radius 1 is 0.800 bits per heavy atom. The second-order valence-electron chi connectivity index (χ2n) is 5.24. The molecule has 6 heteroatoms. The number of phenolic OH excluding ortho intramolecular Hbond substituents is 4. The SMILES string of the molecule is O=C(/C=C/c1cc(O)c(O)c(O)c1)CC(=O)/C=C/c1ccccc1O. The Kier molecular flexibility index (Phi) is 5.58. The predicted octanol–water partition coefficient (Wildman–Crippen LogP) is 2.76. The summed E-state index contributed by atoms with van der Waals surface area (Å²) in [5.74, 6) is -2.56. The molecule has 2 rings (SSSR count). The van der Waals surface area contributed by atoms with Crippen LogP contribution >= 0.6 is 0 Å². The normalized spacial score (nSPS) is 11.2. The molecule has 0 heterocycles. The molecule has 6 nitrogen and oxygen atoms in total. The van der Waals surface area contributed by atoms with Crippen LogP contribution in [0.15, 0.2) is 48.6 Å². The fourth-order valence-corrected chi connectivity index (χ4v) is 2.01. The highest BCUT2D eigenvalue weighted by Gasteiger charge is 2.08. The van der Waals surface area contributed by atoms with E-state index in [2.05, 4.69) is 0 Å². The Hall–Kier alpha value is -3.54. The van der Waals surface area contributed by atoms with Gasteiger partial charge < -0.3 is 20.4 Å². The van der Waals surface area contributed by atoms with E-state index in [1.807, 2.05) is 0 Å². The zero-order valence-electron chi connectivity index (χ0n) is 13.1. The van der Waals surface area contributed by atoms with Gasteiger partial charge >= 0.3 is 0 Å². The van der Waals surface area contributed by atoms with Crippen molar-refractivity contribution in [2.45, 2.75) is 6.42 Å². The minimum atomic E-state index is -0.645. The lowest BCUT2D eigenvalue weighted by atomic mass is 10.1. The lowest BCUT2D eigenvalue weighted by molar-refractivity contribution is -0.121. The predicted molar refractivity (Wildman–Crippen MR) is 92.2 cm³/mol. The van der Waals surface area contributed by atoms with Crippen LogP contribution < -0.4 is 0 Å². The summed E-state index contributed by atoms with van der Waals surface area (Å²) >= 11 is 0. The maximum atomic E-state index is 11.8. The fourth-order valence-electron chi connectivity index (χ4n) is 2.01. The van der Waals surface area contributed by atoms with E-state index in [0.717, 1.165) is 6.08 Å². The standard InChI is InChI=1S/C19H16O6/c20-14(7-5-12-9-17(23)19(25)18(24)10-12)11-15(21)8-6-13-3-1-2-4-16(13)22/h1-10,22-25H,11H2/b7-5+,8-6+. The van der Waals surface area contributed by atoms with Gasteiger partial charge in [-0.2, -0.15) is 0 Å². The Labute approximate surface area is 143 Å². The van der Waals surface area contributed by atoms with Crippen molar-refractivity contribution in [1.82, 2.24) is 0 Å². The van der Waals surface area contributed by atoms with Crippen LogP contribution in [-0.2, 0) is 9.59 Å². The molecule has 0 spiro atoms. The molecule has 0 aromatic heterocycles. The van der Waals surface area contributed by atoms with E-state index in [1.165, 1.54) is 36.4 Å². The van der Waals surface area contributed by atoms with Crippen LogP contribution in [0.4, 0.5) is 0 Å². The highest BCUT2D eigenvalue weighted by atomic mass is 16.3. The number of ketones is 2. The molecule has 0 radical (unpaired) electrons. The molecule has 0 aliphatic heterocycles. The van der Waals surface area contributed by atoms with Crippen LogP contribution in [0.25, 0.3) is 12.2 Å². The number of carbonyl (C=O) groups excluding carboxylic acids is 2. The molecule has 2 aromatic rings. The molecule has 0 amide bonds. The zero-order valence-corrected chi connectivity index (χ0v) is 13.1. The second-order valence-corrected chi connectivity index (χ2v) is 5.24. The van der Waals surface area contributed by atoms with Crippen molar-refractivity contribution >= 4 is 23.7 Å². The minimum Gasteiger partial charge on any atom is -0.507 e. The Morgan fingerprint density at radius 3 is 1.96 bits per heavy atom. The molecule has 25 heavy (non-hydrogen) atoms. The van der Waals surface area contributed by atoms with Crippen molar-refractivity contribution in [2.75, 3.05) is 0 Å². The van der Waals surface area contributed by atoms with Gasteiger partial charge in [0.15, 0.2) is 28.8 Å². The number of hydrogen-bond acceptors (Lipinski definition) is 6. The third-order valence-electron chi connectivity index (χ3n) is 3.29. The fraction of sp³-hybridized carbons (Fsp3) is 0.0526. The summed E-state index contributed by atoms with van der Waals surface area (Å²) < 4.78 is 0. The van der Waals surface area contributed by atoms with E-state index in [0.29, 0.717) is 11.1 Å². The molecule has 0 unspecified atom stereocenters. The smallest absolute Gasteiger partial charge is 0.200 e. The summed E-state index contributed by atoms with van der Waals surface area (Å²) in [6.07, 6.45) is 4.71. The van der Waals surface area contributed by atoms with Crippen molar-refractivity contribution in [1.29, 1.82) is 0 Å². The van der Waals surface area contributed by atoms with Gasteiger partial charge in [0.1, 0.15) is 5.75 Å². The van der Waals surface area contributed by atoms with E-state index in [1.54, 1.807) is 18.2 Å². The Bertz CT molecular complexity index is 841. The molecule has 0 saturated carbocycles. The van der Waals surface area contributed by atoms with Crippen LogP contribution in [0.2, 0.25) is 0 Å². The summed E-state index contributed by atoms with van der Waals surface area (Å²) in [5, 5.41) is 37.6. The first kappa shape index (κ1) is 17.8. The lowest BCUT2D eigenvalue weighted by Gasteiger charge is -2.02. The van der Waals surface area contributed by atoms with Crippen LogP contribution in [-0.4, -0.2) is 32.0 Å². The molecule has 0 aliphatic rings. The van der Waals surface area contributed by atoms with Gasteiger partial charge in [0.05, 0.1) is 6.42 Å². The highest BCUT2D eigenvalue weighted by molar-refractivity contribution is 6.11. The van der Waals surface area contributed by atoms with Gasteiger partial charge in [-0.25, -0.2) is 0 Å². The monoisotopic (exact) mass is 340 g/mol. The first-order valence-electron chi connectivity index (χ1n) is 7.31. The topological polar surface area (TPSA) is 115 Å². The van der Waals surface area contributed by atoms with E-state index < -0.39 is 28.8 Å². The number of para-hydroxylation sites is 1. The van der Waals surface area contributed by atoms with E-state index in [-0.39, 0.29) is 12.2 Å². The summed E-state index contributed by atoms with van der Waals surface area (Å²) in [4.78, 5) is 23.5. The van der Waals surface area contributed by atoms with Crippen LogP contribution in [0.5, 0.6) is 23.0 Å². The summed E-state index contributed by atoms with van der Waals surface area (Å²) in [5.41, 5.74) is 0.757. The third-order valence-corrected chi connectivity index (χ3v) is 3.29. The van der Waals surface area contributed by atoms with Gasteiger partial charge in [-0.1, -0.05) is 24.3 Å². The van der Waals surface area contributed by atoms with Gasteiger partial charge in [-0.3, -0.25) is 9.59 Å². The second kappa shape index (κ2) is 7.83. The minimum absolute atomic E-state index is 0.0321. The Morgan fingerprint density at radius 2 is 1.36 bits per heavy atom. The molecule has 128 valence electrons. The van der Waals surface area contributed by atoms with Crippen LogP contribution in [0, 0.1) is 0 Å². The molecular weight excluding hydrogens is 324 g/mol. The average molecular weight is 340 g/mol. The van der Waals surface area contributed by atoms with Gasteiger partial charge in [0.2, 0.25) is 0 Å². The van der Waals surface area contributed by atoms with Gasteiger partial charge in [-0.05, 0) is 42.0 Å². The largest absolute Gasteiger partial charge is 0.507 e.